The van der Waals surface area contributed by atoms with Crippen LogP contribution in [0.1, 0.15) is 12.8 Å². The molecule has 0 heterocycles. The average Bonchev–Trinajstić information content (AvgIpc) is 2.07. The summed E-state index contributed by atoms with van der Waals surface area (Å²) in [4.78, 5) is 2.11. The Morgan fingerprint density at radius 3 is 2.75 bits per heavy atom. The van der Waals surface area contributed by atoms with E-state index in [0.717, 1.165) is 19.4 Å². The van der Waals surface area contributed by atoms with Crippen molar-refractivity contribution in [2.45, 2.75) is 19.1 Å². The first-order chi connectivity index (χ1) is 5.76. The molecule has 0 aromatic heterocycles. The van der Waals surface area contributed by atoms with Crippen LogP contribution in [0.4, 0.5) is 0 Å². The predicted molar refractivity (Wildman–Crippen MR) is 53.6 cm³/mol. The van der Waals surface area contributed by atoms with E-state index in [1.807, 2.05) is 13.1 Å². The van der Waals surface area contributed by atoms with Gasteiger partial charge in [0.2, 0.25) is 0 Å². The van der Waals surface area contributed by atoms with Crippen LogP contribution >= 0.6 is 11.6 Å². The Labute approximate surface area is 80.1 Å². The van der Waals surface area contributed by atoms with Crippen LogP contribution in [0.3, 0.4) is 0 Å². The number of unbranched alkanes of at least 4 members (excludes halogenated alkanes) is 1. The molecule has 0 N–H and O–H groups in total. The molecular weight excluding hydrogens is 174 g/mol. The maximum Gasteiger partial charge on any atom is 0.123 e. The number of alkyl halides is 1. The Morgan fingerprint density at radius 1 is 1.67 bits per heavy atom. The van der Waals surface area contributed by atoms with Crippen LogP contribution in [-0.4, -0.2) is 37.7 Å². The molecule has 2 nitrogen and oxygen atoms in total. The quantitative estimate of drug-likeness (QED) is 0.265. The molecule has 0 rings (SSSR count). The first-order valence-electron chi connectivity index (χ1n) is 4.16. The molecule has 0 aliphatic rings. The monoisotopic (exact) mass is 191 g/mol. The zero-order valence-corrected chi connectivity index (χ0v) is 8.68. The average molecular weight is 192 g/mol. The summed E-state index contributed by atoms with van der Waals surface area (Å²) in [6.45, 7) is 4.66. The summed E-state index contributed by atoms with van der Waals surface area (Å²) in [6, 6.07) is 0. The molecule has 0 aliphatic carbocycles. The zero-order chi connectivity index (χ0) is 9.40. The molecule has 12 heavy (non-hydrogen) atoms. The van der Waals surface area contributed by atoms with Crippen molar-refractivity contribution in [1.82, 2.24) is 4.90 Å². The molecule has 0 fully saturated rings. The van der Waals surface area contributed by atoms with Gasteiger partial charge in [0.25, 0.3) is 0 Å². The van der Waals surface area contributed by atoms with Gasteiger partial charge in [0, 0.05) is 13.7 Å². The van der Waals surface area contributed by atoms with Gasteiger partial charge in [-0.2, -0.15) is 0 Å². The van der Waals surface area contributed by atoms with Crippen molar-refractivity contribution in [2.24, 2.45) is 0 Å². The molecule has 0 saturated carbocycles. The number of hydrogen-bond donors (Lipinski definition) is 0. The minimum Gasteiger partial charge on any atom is -0.365 e. The molecule has 1 atom stereocenters. The summed E-state index contributed by atoms with van der Waals surface area (Å²) >= 11 is 5.69. The van der Waals surface area contributed by atoms with Crippen LogP contribution in [0.5, 0.6) is 0 Å². The fourth-order valence-electron chi connectivity index (χ4n) is 0.990. The molecule has 1 unspecified atom stereocenters. The van der Waals surface area contributed by atoms with E-state index in [4.69, 9.17) is 16.3 Å². The summed E-state index contributed by atoms with van der Waals surface area (Å²) in [5.41, 5.74) is 0. The van der Waals surface area contributed by atoms with Gasteiger partial charge in [-0.25, -0.2) is 0 Å². The number of hydrogen-bond acceptors (Lipinski definition) is 2. The number of rotatable bonds is 7. The minimum atomic E-state index is 0.0384. The molecule has 0 amide bonds. The smallest absolute Gasteiger partial charge is 0.123 e. The maximum atomic E-state index is 5.69. The summed E-state index contributed by atoms with van der Waals surface area (Å²) < 4.78 is 5.16. The number of methoxy groups -OCH3 is 1. The fourth-order valence-corrected chi connectivity index (χ4v) is 1.35. The highest BCUT2D eigenvalue weighted by Gasteiger charge is 2.10. The predicted octanol–water partition coefficient (Wildman–Crippen LogP) is 2.10. The Kier molecular flexibility index (Phi) is 7.56. The van der Waals surface area contributed by atoms with E-state index in [0.29, 0.717) is 5.88 Å². The molecule has 0 radical (unpaired) electrons. The molecule has 0 aromatic carbocycles. The highest BCUT2D eigenvalue weighted by atomic mass is 35.5. The largest absolute Gasteiger partial charge is 0.365 e. The van der Waals surface area contributed by atoms with Gasteiger partial charge >= 0.3 is 0 Å². The van der Waals surface area contributed by atoms with Crippen LogP contribution in [0, 0.1) is 0 Å². The van der Waals surface area contributed by atoms with Crippen molar-refractivity contribution < 1.29 is 4.74 Å². The summed E-state index contributed by atoms with van der Waals surface area (Å²) in [5.74, 6) is 0.515. The van der Waals surface area contributed by atoms with Crippen LogP contribution < -0.4 is 0 Å². The maximum absolute atomic E-state index is 5.69. The Morgan fingerprint density at radius 2 is 2.33 bits per heavy atom. The molecule has 3 heteroatoms. The Balaban J connectivity index is 3.53. The summed E-state index contributed by atoms with van der Waals surface area (Å²) in [5, 5.41) is 0. The second kappa shape index (κ2) is 7.59. The molecule has 0 bridgehead atoms. The fraction of sp³-hybridized carbons (Fsp3) is 0.778. The van der Waals surface area contributed by atoms with E-state index in [1.165, 1.54) is 0 Å². The zero-order valence-electron chi connectivity index (χ0n) is 7.92. The highest BCUT2D eigenvalue weighted by molar-refractivity contribution is 6.18. The van der Waals surface area contributed by atoms with Gasteiger partial charge in [0.15, 0.2) is 0 Å². The number of nitrogens with zero attached hydrogens (tertiary/aromatic N) is 1. The van der Waals surface area contributed by atoms with Crippen molar-refractivity contribution >= 4 is 11.6 Å². The van der Waals surface area contributed by atoms with E-state index in [2.05, 4.69) is 11.5 Å². The number of allylic oxidation sites excluding steroid dienone is 1. The molecule has 72 valence electrons. The lowest BCUT2D eigenvalue weighted by molar-refractivity contribution is -0.000938. The second-order valence-electron chi connectivity index (χ2n) is 2.76. The van der Waals surface area contributed by atoms with Gasteiger partial charge in [-0.05, 0) is 19.9 Å². The van der Waals surface area contributed by atoms with Crippen molar-refractivity contribution in [1.29, 1.82) is 0 Å². The van der Waals surface area contributed by atoms with Gasteiger partial charge in [0.1, 0.15) is 6.23 Å². The summed E-state index contributed by atoms with van der Waals surface area (Å²) in [6.07, 6.45) is 4.12. The van der Waals surface area contributed by atoms with Crippen LogP contribution in [0.15, 0.2) is 12.7 Å². The van der Waals surface area contributed by atoms with Crippen molar-refractivity contribution in [3.63, 3.8) is 0 Å². The van der Waals surface area contributed by atoms with Crippen molar-refractivity contribution in [3.05, 3.63) is 12.7 Å². The topological polar surface area (TPSA) is 12.5 Å². The van der Waals surface area contributed by atoms with Gasteiger partial charge in [-0.1, -0.05) is 6.08 Å². The second-order valence-corrected chi connectivity index (χ2v) is 3.06. The third kappa shape index (κ3) is 4.75. The van der Waals surface area contributed by atoms with Crippen LogP contribution in [0.2, 0.25) is 0 Å². The Hall–Kier alpha value is -0.0500. The van der Waals surface area contributed by atoms with E-state index in [9.17, 15) is 0 Å². The number of ether oxygens (including phenoxy) is 1. The van der Waals surface area contributed by atoms with Crippen LogP contribution in [-0.2, 0) is 4.74 Å². The lowest BCUT2D eigenvalue weighted by Gasteiger charge is -2.24. The highest BCUT2D eigenvalue weighted by Crippen LogP contribution is 2.02. The first kappa shape index (κ1) is 11.9. The summed E-state index contributed by atoms with van der Waals surface area (Å²) in [7, 11) is 3.69. The molecule has 0 spiro atoms. The van der Waals surface area contributed by atoms with Crippen molar-refractivity contribution in [2.75, 3.05) is 26.6 Å². The molecular formula is C9H18ClNO. The van der Waals surface area contributed by atoms with Gasteiger partial charge in [0.05, 0.1) is 5.88 Å². The molecule has 0 aliphatic heterocycles. The minimum absolute atomic E-state index is 0.0384. The lowest BCUT2D eigenvalue weighted by atomic mass is 10.3. The SMILES string of the molecule is C=CCCCN(C)C(CCl)OC. The van der Waals surface area contributed by atoms with E-state index >= 15 is 0 Å². The van der Waals surface area contributed by atoms with E-state index in [-0.39, 0.29) is 6.23 Å². The lowest BCUT2D eigenvalue weighted by Crippen LogP contribution is -2.35. The van der Waals surface area contributed by atoms with E-state index in [1.54, 1.807) is 7.11 Å². The van der Waals surface area contributed by atoms with Gasteiger partial charge < -0.3 is 4.74 Å². The molecule has 0 saturated heterocycles. The third-order valence-electron chi connectivity index (χ3n) is 1.81. The van der Waals surface area contributed by atoms with Gasteiger partial charge in [-0.15, -0.1) is 18.2 Å². The standard InChI is InChI=1S/C9H18ClNO/c1-4-5-6-7-11(2)9(8-10)12-3/h4,9H,1,5-8H2,2-3H3. The Bertz CT molecular complexity index is 115. The normalized spacial score (nSPS) is 13.3. The third-order valence-corrected chi connectivity index (χ3v) is 2.08. The molecule has 0 aromatic rings. The van der Waals surface area contributed by atoms with Crippen molar-refractivity contribution in [3.8, 4) is 0 Å². The number of halogens is 1. The first-order valence-corrected chi connectivity index (χ1v) is 4.69. The van der Waals surface area contributed by atoms with Crippen LogP contribution in [0.25, 0.3) is 0 Å². The van der Waals surface area contributed by atoms with Gasteiger partial charge in [-0.3, -0.25) is 4.90 Å². The van der Waals surface area contributed by atoms with E-state index < -0.39 is 0 Å².